The molecule has 0 radical (unpaired) electrons. The molecule has 1 fully saturated rings. The molecule has 0 saturated heterocycles. The third-order valence-corrected chi connectivity index (χ3v) is 5.03. The maximum absolute atomic E-state index is 12.2. The van der Waals surface area contributed by atoms with Gasteiger partial charge in [-0.3, -0.25) is 9.59 Å². The molecular formula is C23H31F3O5. The van der Waals surface area contributed by atoms with Gasteiger partial charge in [0.2, 0.25) is 0 Å². The van der Waals surface area contributed by atoms with Crippen LogP contribution < -0.4 is 0 Å². The molecule has 4 atom stereocenters. The summed E-state index contributed by atoms with van der Waals surface area (Å²) >= 11 is 0. The van der Waals surface area contributed by atoms with Crippen molar-refractivity contribution in [3.05, 3.63) is 48.6 Å². The topological polar surface area (TPSA) is 83.8 Å². The lowest BCUT2D eigenvalue weighted by Crippen LogP contribution is -2.21. The summed E-state index contributed by atoms with van der Waals surface area (Å²) in [7, 11) is 1.33. The number of esters is 1. The maximum Gasteiger partial charge on any atom is 0.409 e. The standard InChI is InChI=1S/C23H31F3O5/c1-22(30,13-7-8-15-23(24,25)26)14-9-11-18-17(19(27)16-20(18)28)10-5-3-4-6-12-21(29)31-2/h3-4,7-9,11,13,15,17-18,20,28,30H,5-6,10,12,14,16H2,1-2H3/b4-3-,11-9+,13-7+,15-8+/t17-,18-,20-,22+/m1/s1. The minimum Gasteiger partial charge on any atom is -0.469 e. The summed E-state index contributed by atoms with van der Waals surface area (Å²) in [6, 6.07) is 0. The number of ketones is 1. The van der Waals surface area contributed by atoms with Gasteiger partial charge in [-0.25, -0.2) is 0 Å². The quantitative estimate of drug-likeness (QED) is 0.283. The van der Waals surface area contributed by atoms with Crippen molar-refractivity contribution >= 4 is 11.8 Å². The van der Waals surface area contributed by atoms with Crippen molar-refractivity contribution in [3.63, 3.8) is 0 Å². The number of hydrogen-bond acceptors (Lipinski definition) is 5. The molecule has 1 rings (SSSR count). The van der Waals surface area contributed by atoms with E-state index >= 15 is 0 Å². The lowest BCUT2D eigenvalue weighted by Gasteiger charge is -2.19. The van der Waals surface area contributed by atoms with Gasteiger partial charge in [-0.15, -0.1) is 0 Å². The summed E-state index contributed by atoms with van der Waals surface area (Å²) < 4.78 is 40.8. The van der Waals surface area contributed by atoms with E-state index in [1.165, 1.54) is 20.1 Å². The van der Waals surface area contributed by atoms with E-state index in [1.807, 2.05) is 12.2 Å². The summed E-state index contributed by atoms with van der Waals surface area (Å²) in [5.74, 6) is -1.02. The Morgan fingerprint density at radius 1 is 1.16 bits per heavy atom. The monoisotopic (exact) mass is 444 g/mol. The van der Waals surface area contributed by atoms with E-state index in [9.17, 15) is 33.0 Å². The van der Waals surface area contributed by atoms with Gasteiger partial charge >= 0.3 is 12.1 Å². The predicted octanol–water partition coefficient (Wildman–Crippen LogP) is 4.21. The first-order valence-corrected chi connectivity index (χ1v) is 10.2. The van der Waals surface area contributed by atoms with Gasteiger partial charge in [0, 0.05) is 30.8 Å². The molecule has 0 bridgehead atoms. The first-order valence-electron chi connectivity index (χ1n) is 10.2. The number of Topliss-reactive ketones (excluding diaryl/α,β-unsaturated/α-hetero) is 1. The van der Waals surface area contributed by atoms with Gasteiger partial charge in [-0.2, -0.15) is 13.2 Å². The van der Waals surface area contributed by atoms with E-state index in [4.69, 9.17) is 0 Å². The molecule has 0 unspecified atom stereocenters. The summed E-state index contributed by atoms with van der Waals surface area (Å²) in [5.41, 5.74) is -1.36. The largest absolute Gasteiger partial charge is 0.469 e. The third-order valence-electron chi connectivity index (χ3n) is 5.03. The van der Waals surface area contributed by atoms with Crippen LogP contribution in [0.25, 0.3) is 0 Å². The molecule has 1 saturated carbocycles. The van der Waals surface area contributed by atoms with Crippen LogP contribution in [-0.2, 0) is 14.3 Å². The van der Waals surface area contributed by atoms with E-state index in [1.54, 1.807) is 12.2 Å². The molecule has 8 heteroatoms. The Morgan fingerprint density at radius 2 is 1.81 bits per heavy atom. The van der Waals surface area contributed by atoms with Crippen molar-refractivity contribution in [2.24, 2.45) is 11.8 Å². The molecule has 174 valence electrons. The Morgan fingerprint density at radius 3 is 2.45 bits per heavy atom. The lowest BCUT2D eigenvalue weighted by molar-refractivity contribution is -0.140. The predicted molar refractivity (Wildman–Crippen MR) is 111 cm³/mol. The molecule has 2 N–H and O–H groups in total. The van der Waals surface area contributed by atoms with Crippen LogP contribution in [-0.4, -0.2) is 47.0 Å². The number of hydrogen-bond donors (Lipinski definition) is 2. The van der Waals surface area contributed by atoms with Crippen LogP contribution in [0.3, 0.4) is 0 Å². The molecule has 0 amide bonds. The molecule has 31 heavy (non-hydrogen) atoms. The van der Waals surface area contributed by atoms with Crippen LogP contribution in [0.1, 0.15) is 45.4 Å². The smallest absolute Gasteiger partial charge is 0.409 e. The van der Waals surface area contributed by atoms with Gasteiger partial charge in [0.15, 0.2) is 0 Å². The number of aliphatic hydroxyl groups excluding tert-OH is 1. The van der Waals surface area contributed by atoms with Gasteiger partial charge in [0.05, 0.1) is 18.8 Å². The van der Waals surface area contributed by atoms with Crippen molar-refractivity contribution in [3.8, 4) is 0 Å². The highest BCUT2D eigenvalue weighted by atomic mass is 19.4. The normalized spacial score (nSPS) is 24.7. The Labute approximate surface area is 181 Å². The first-order chi connectivity index (χ1) is 14.4. The summed E-state index contributed by atoms with van der Waals surface area (Å²) in [4.78, 5) is 23.3. The highest BCUT2D eigenvalue weighted by Gasteiger charge is 2.39. The minimum absolute atomic E-state index is 0.0194. The Bertz CT molecular complexity index is 704. The van der Waals surface area contributed by atoms with Crippen LogP contribution >= 0.6 is 0 Å². The number of carbonyl (C=O) groups excluding carboxylic acids is 2. The highest BCUT2D eigenvalue weighted by molar-refractivity contribution is 5.84. The second kappa shape index (κ2) is 12.6. The molecule has 5 nitrogen and oxygen atoms in total. The van der Waals surface area contributed by atoms with Crippen LogP contribution in [0.5, 0.6) is 0 Å². The number of allylic oxidation sites excluding steroid dienone is 5. The molecule has 1 aliphatic rings. The fourth-order valence-electron chi connectivity index (χ4n) is 3.37. The minimum atomic E-state index is -4.41. The Kier molecular flexibility index (Phi) is 10.9. The molecule has 0 aliphatic heterocycles. The molecular weight excluding hydrogens is 413 g/mol. The average molecular weight is 444 g/mol. The lowest BCUT2D eigenvalue weighted by atomic mass is 9.88. The van der Waals surface area contributed by atoms with E-state index in [0.29, 0.717) is 25.7 Å². The van der Waals surface area contributed by atoms with E-state index in [-0.39, 0.29) is 42.5 Å². The zero-order chi connectivity index (χ0) is 23.5. The fourth-order valence-corrected chi connectivity index (χ4v) is 3.37. The number of methoxy groups -OCH3 is 1. The van der Waals surface area contributed by atoms with Crippen LogP contribution in [0, 0.1) is 11.8 Å². The van der Waals surface area contributed by atoms with Crippen molar-refractivity contribution in [2.45, 2.75) is 63.3 Å². The fraction of sp³-hybridized carbons (Fsp3) is 0.565. The maximum atomic E-state index is 12.2. The number of carbonyl (C=O) groups is 2. The highest BCUT2D eigenvalue weighted by Crippen LogP contribution is 2.34. The molecule has 0 heterocycles. The SMILES string of the molecule is COC(=O)CC/C=C\CC[C@H]1C(=O)C[C@@H](O)[C@@H]1/C=C/C[C@@](C)(O)/C=C/C=C/C(F)(F)F. The summed E-state index contributed by atoms with van der Waals surface area (Å²) in [6.45, 7) is 1.46. The molecule has 0 spiro atoms. The number of rotatable bonds is 11. The van der Waals surface area contributed by atoms with Gasteiger partial charge in [0.25, 0.3) is 0 Å². The van der Waals surface area contributed by atoms with Crippen molar-refractivity contribution < 1.29 is 37.7 Å². The van der Waals surface area contributed by atoms with Crippen LogP contribution in [0.15, 0.2) is 48.6 Å². The summed E-state index contributed by atoms with van der Waals surface area (Å²) in [6.07, 6.45) is 7.38. The van der Waals surface area contributed by atoms with Gasteiger partial charge in [-0.05, 0) is 32.6 Å². The first kappa shape index (κ1) is 26.8. The van der Waals surface area contributed by atoms with Crippen molar-refractivity contribution in [2.75, 3.05) is 7.11 Å². The van der Waals surface area contributed by atoms with Gasteiger partial charge in [0.1, 0.15) is 5.78 Å². The van der Waals surface area contributed by atoms with E-state index in [2.05, 4.69) is 4.74 Å². The number of aliphatic hydroxyl groups is 2. The average Bonchev–Trinajstić information content (AvgIpc) is 2.93. The Hall–Kier alpha value is -2.19. The summed E-state index contributed by atoms with van der Waals surface area (Å²) in [5, 5.41) is 20.5. The second-order valence-corrected chi connectivity index (χ2v) is 7.83. The van der Waals surface area contributed by atoms with E-state index < -0.39 is 17.9 Å². The van der Waals surface area contributed by atoms with E-state index in [0.717, 1.165) is 12.2 Å². The van der Waals surface area contributed by atoms with Gasteiger partial charge in [-0.1, -0.05) is 42.5 Å². The molecule has 0 aromatic carbocycles. The zero-order valence-electron chi connectivity index (χ0n) is 17.8. The van der Waals surface area contributed by atoms with Crippen molar-refractivity contribution in [1.82, 2.24) is 0 Å². The molecule has 0 aromatic rings. The number of halogens is 3. The number of ether oxygens (including phenoxy) is 1. The molecule has 0 aromatic heterocycles. The van der Waals surface area contributed by atoms with Gasteiger partial charge < -0.3 is 14.9 Å². The van der Waals surface area contributed by atoms with Crippen LogP contribution in [0.4, 0.5) is 13.2 Å². The zero-order valence-corrected chi connectivity index (χ0v) is 17.8. The molecule has 1 aliphatic carbocycles. The third kappa shape index (κ3) is 11.1. The second-order valence-electron chi connectivity index (χ2n) is 7.83. The van der Waals surface area contributed by atoms with Crippen LogP contribution in [0.2, 0.25) is 0 Å². The van der Waals surface area contributed by atoms with Crippen molar-refractivity contribution in [1.29, 1.82) is 0 Å². The number of alkyl halides is 3. The Balaban J connectivity index is 2.57.